The van der Waals surface area contributed by atoms with Gasteiger partial charge in [0.05, 0.1) is 11.8 Å². The fraction of sp³-hybridized carbons (Fsp3) is 0.308. The topological polar surface area (TPSA) is 49.0 Å². The molecule has 2 rings (SSSR count). The van der Waals surface area contributed by atoms with Gasteiger partial charge in [-0.3, -0.25) is 0 Å². The molecule has 0 saturated heterocycles. The van der Waals surface area contributed by atoms with Crippen molar-refractivity contribution in [1.29, 1.82) is 5.26 Å². The van der Waals surface area contributed by atoms with Crippen molar-refractivity contribution in [3.63, 3.8) is 0 Å². The third-order valence-electron chi connectivity index (χ3n) is 2.50. The highest BCUT2D eigenvalue weighted by Crippen LogP contribution is 2.14. The van der Waals surface area contributed by atoms with E-state index in [4.69, 9.17) is 9.68 Å². The highest BCUT2D eigenvalue weighted by Gasteiger charge is 2.06. The van der Waals surface area contributed by atoms with Gasteiger partial charge in [-0.1, -0.05) is 0 Å². The van der Waals surface area contributed by atoms with E-state index in [9.17, 15) is 0 Å². The number of thiophene rings is 1. The van der Waals surface area contributed by atoms with Gasteiger partial charge in [-0.05, 0) is 25.1 Å². The molecule has 3 nitrogen and oxygen atoms in total. The first kappa shape index (κ1) is 11.9. The number of rotatable bonds is 5. The molecule has 1 unspecified atom stereocenters. The van der Waals surface area contributed by atoms with E-state index < -0.39 is 0 Å². The molecule has 0 aromatic carbocycles. The van der Waals surface area contributed by atoms with Crippen LogP contribution < -0.4 is 5.32 Å². The lowest BCUT2D eigenvalue weighted by molar-refractivity contribution is 0.457. The Morgan fingerprint density at radius 2 is 2.47 bits per heavy atom. The molecule has 0 fully saturated rings. The van der Waals surface area contributed by atoms with Crippen molar-refractivity contribution in [2.45, 2.75) is 25.9 Å². The summed E-state index contributed by atoms with van der Waals surface area (Å²) in [6.45, 7) is 2.93. The van der Waals surface area contributed by atoms with Crippen LogP contribution in [-0.2, 0) is 13.0 Å². The largest absolute Gasteiger partial charge is 0.469 e. The van der Waals surface area contributed by atoms with Gasteiger partial charge in [-0.25, -0.2) is 0 Å². The van der Waals surface area contributed by atoms with E-state index in [0.717, 1.165) is 24.3 Å². The normalized spacial score (nSPS) is 12.2. The zero-order valence-corrected chi connectivity index (χ0v) is 10.5. The second kappa shape index (κ2) is 5.67. The molecule has 0 spiro atoms. The number of nitriles is 1. The van der Waals surface area contributed by atoms with Crippen LogP contribution in [0, 0.1) is 11.3 Å². The second-order valence-corrected chi connectivity index (χ2v) is 4.97. The average molecular weight is 246 g/mol. The lowest BCUT2D eigenvalue weighted by Crippen LogP contribution is -2.26. The number of hydrogen-bond donors (Lipinski definition) is 1. The highest BCUT2D eigenvalue weighted by molar-refractivity contribution is 7.10. The van der Waals surface area contributed by atoms with Crippen molar-refractivity contribution in [1.82, 2.24) is 5.32 Å². The summed E-state index contributed by atoms with van der Waals surface area (Å²) in [5.74, 6) is 0.994. The highest BCUT2D eigenvalue weighted by atomic mass is 32.1. The van der Waals surface area contributed by atoms with Gasteiger partial charge in [0, 0.05) is 29.3 Å². The first-order valence-electron chi connectivity index (χ1n) is 5.51. The molecule has 0 bridgehead atoms. The van der Waals surface area contributed by atoms with Gasteiger partial charge in [0.15, 0.2) is 0 Å². The van der Waals surface area contributed by atoms with Crippen molar-refractivity contribution in [2.24, 2.45) is 0 Å². The van der Waals surface area contributed by atoms with Crippen molar-refractivity contribution in [2.75, 3.05) is 0 Å². The Labute approximate surface area is 105 Å². The minimum absolute atomic E-state index is 0.355. The number of nitrogens with one attached hydrogen (secondary N) is 1. The number of hydrogen-bond acceptors (Lipinski definition) is 4. The minimum atomic E-state index is 0.355. The minimum Gasteiger partial charge on any atom is -0.469 e. The van der Waals surface area contributed by atoms with Gasteiger partial charge in [0.25, 0.3) is 0 Å². The molecule has 4 heteroatoms. The summed E-state index contributed by atoms with van der Waals surface area (Å²) in [6, 6.07) is 8.31. The lowest BCUT2D eigenvalue weighted by atomic mass is 10.2. The molecule has 0 saturated carbocycles. The van der Waals surface area contributed by atoms with Crippen molar-refractivity contribution in [3.05, 3.63) is 46.0 Å². The van der Waals surface area contributed by atoms with E-state index in [1.165, 1.54) is 4.88 Å². The maximum absolute atomic E-state index is 8.72. The van der Waals surface area contributed by atoms with Crippen LogP contribution in [0.3, 0.4) is 0 Å². The third kappa shape index (κ3) is 3.45. The van der Waals surface area contributed by atoms with Crippen LogP contribution in [0.4, 0.5) is 0 Å². The van der Waals surface area contributed by atoms with Crippen molar-refractivity contribution >= 4 is 11.3 Å². The van der Waals surface area contributed by atoms with Crippen LogP contribution >= 0.6 is 11.3 Å². The molecule has 17 heavy (non-hydrogen) atoms. The molecule has 0 aliphatic heterocycles. The number of furan rings is 1. The van der Waals surface area contributed by atoms with Crippen molar-refractivity contribution < 1.29 is 4.42 Å². The van der Waals surface area contributed by atoms with Crippen LogP contribution in [0.5, 0.6) is 0 Å². The predicted molar refractivity (Wildman–Crippen MR) is 67.7 cm³/mol. The zero-order valence-electron chi connectivity index (χ0n) is 9.64. The van der Waals surface area contributed by atoms with E-state index in [1.807, 2.05) is 23.6 Å². The lowest BCUT2D eigenvalue weighted by Gasteiger charge is -2.11. The summed E-state index contributed by atoms with van der Waals surface area (Å²) in [4.78, 5) is 1.19. The van der Waals surface area contributed by atoms with E-state index in [0.29, 0.717) is 6.04 Å². The summed E-state index contributed by atoms with van der Waals surface area (Å²) in [7, 11) is 0. The molecule has 1 N–H and O–H groups in total. The Morgan fingerprint density at radius 1 is 1.59 bits per heavy atom. The maximum atomic E-state index is 8.72. The Hall–Kier alpha value is -1.57. The molecule has 88 valence electrons. The molecule has 2 heterocycles. The average Bonchev–Trinajstić information content (AvgIpc) is 2.96. The predicted octanol–water partition coefficient (Wildman–Crippen LogP) is 2.93. The Morgan fingerprint density at radius 3 is 3.12 bits per heavy atom. The summed E-state index contributed by atoms with van der Waals surface area (Å²) < 4.78 is 5.30. The Kier molecular flexibility index (Phi) is 3.97. The summed E-state index contributed by atoms with van der Waals surface area (Å²) in [5, 5.41) is 14.0. The number of nitrogens with zero attached hydrogens (tertiary/aromatic N) is 1. The second-order valence-electron chi connectivity index (χ2n) is 3.98. The quantitative estimate of drug-likeness (QED) is 0.882. The van der Waals surface area contributed by atoms with Gasteiger partial charge in [0.2, 0.25) is 0 Å². The molecule has 0 aliphatic rings. The molecule has 0 amide bonds. The molecule has 2 aromatic rings. The SMILES string of the molecule is CC(Cc1ccco1)NCc1cc(C#N)cs1. The van der Waals surface area contributed by atoms with Crippen molar-refractivity contribution in [3.8, 4) is 6.07 Å². The van der Waals surface area contributed by atoms with Crippen LogP contribution in [0.1, 0.15) is 23.1 Å². The first-order chi connectivity index (χ1) is 8.28. The van der Waals surface area contributed by atoms with Crippen LogP contribution in [-0.4, -0.2) is 6.04 Å². The first-order valence-corrected chi connectivity index (χ1v) is 6.39. The zero-order chi connectivity index (χ0) is 12.1. The molecular formula is C13H14N2OS. The van der Waals surface area contributed by atoms with Crippen LogP contribution in [0.2, 0.25) is 0 Å². The maximum Gasteiger partial charge on any atom is 0.105 e. The van der Waals surface area contributed by atoms with Gasteiger partial charge in [-0.15, -0.1) is 11.3 Å². The third-order valence-corrected chi connectivity index (χ3v) is 3.43. The fourth-order valence-electron chi connectivity index (χ4n) is 1.61. The molecule has 1 atom stereocenters. The van der Waals surface area contributed by atoms with E-state index >= 15 is 0 Å². The smallest absolute Gasteiger partial charge is 0.105 e. The summed E-state index contributed by atoms with van der Waals surface area (Å²) in [6.07, 6.45) is 2.57. The molecule has 0 aliphatic carbocycles. The van der Waals surface area contributed by atoms with Gasteiger partial charge < -0.3 is 9.73 Å². The standard InChI is InChI=1S/C13H14N2OS/c1-10(5-12-3-2-4-16-12)15-8-13-6-11(7-14)9-17-13/h2-4,6,9-10,15H,5,8H2,1H3. The molecule has 0 radical (unpaired) electrons. The Bertz CT molecular complexity index is 496. The van der Waals surface area contributed by atoms with E-state index in [-0.39, 0.29) is 0 Å². The van der Waals surface area contributed by atoms with Gasteiger partial charge >= 0.3 is 0 Å². The molecular weight excluding hydrogens is 232 g/mol. The Balaban J connectivity index is 1.80. The van der Waals surface area contributed by atoms with E-state index in [1.54, 1.807) is 17.6 Å². The fourth-order valence-corrected chi connectivity index (χ4v) is 2.37. The van der Waals surface area contributed by atoms with E-state index in [2.05, 4.69) is 18.3 Å². The monoisotopic (exact) mass is 246 g/mol. The molecule has 2 aromatic heterocycles. The van der Waals surface area contributed by atoms with Gasteiger partial charge in [-0.2, -0.15) is 5.26 Å². The van der Waals surface area contributed by atoms with Crippen LogP contribution in [0.25, 0.3) is 0 Å². The summed E-state index contributed by atoms with van der Waals surface area (Å²) >= 11 is 1.62. The van der Waals surface area contributed by atoms with Crippen LogP contribution in [0.15, 0.2) is 34.3 Å². The van der Waals surface area contributed by atoms with Gasteiger partial charge in [0.1, 0.15) is 11.8 Å². The summed E-state index contributed by atoms with van der Waals surface area (Å²) in [5.41, 5.74) is 0.741.